The highest BCUT2D eigenvalue weighted by atomic mass is 17.7. The van der Waals surface area contributed by atoms with E-state index in [2.05, 4.69) is 10.1 Å². The highest BCUT2D eigenvalue weighted by Crippen LogP contribution is 2.48. The fourth-order valence-electron chi connectivity index (χ4n) is 2.62. The fourth-order valence-corrected chi connectivity index (χ4v) is 2.62. The van der Waals surface area contributed by atoms with Crippen molar-refractivity contribution < 1.29 is 24.6 Å². The van der Waals surface area contributed by atoms with E-state index in [4.69, 9.17) is 14.5 Å². The van der Waals surface area contributed by atoms with Crippen molar-refractivity contribution in [2.75, 3.05) is 6.61 Å². The van der Waals surface area contributed by atoms with Crippen LogP contribution in [0.2, 0.25) is 0 Å². The van der Waals surface area contributed by atoms with Gasteiger partial charge in [0.25, 0.3) is 0 Å². The molecule has 0 N–H and O–H groups in total. The molecule has 0 amide bonds. The first-order valence-corrected chi connectivity index (χ1v) is 5.17. The Hall–Kier alpha value is -0.200. The van der Waals surface area contributed by atoms with Gasteiger partial charge in [-0.1, -0.05) is 12.8 Å². The molecule has 0 radical (unpaired) electrons. The minimum absolute atomic E-state index is 0.362. The van der Waals surface area contributed by atoms with Crippen LogP contribution < -0.4 is 0 Å². The maximum absolute atomic E-state index is 5.57. The maximum atomic E-state index is 5.57. The Morgan fingerprint density at radius 2 is 1.50 bits per heavy atom. The molecule has 1 saturated carbocycles. The van der Waals surface area contributed by atoms with E-state index < -0.39 is 5.97 Å². The molecule has 2 saturated heterocycles. The second-order valence-electron chi connectivity index (χ2n) is 4.48. The van der Waals surface area contributed by atoms with Gasteiger partial charge in [0.05, 0.1) is 6.61 Å². The molecule has 0 aromatic heterocycles. The molecule has 2 spiro atoms. The SMILES string of the molecule is C1CCC2(C1)CCC1(OC2)OOOO1. The first-order chi connectivity index (χ1) is 6.83. The molecule has 5 heteroatoms. The standard InChI is InChI=1S/C9H14O5/c1-2-4-8(3-1)5-6-9(10-7-8)11-13-14-12-9/h1-7H2. The van der Waals surface area contributed by atoms with Crippen molar-refractivity contribution in [3.05, 3.63) is 0 Å². The highest BCUT2D eigenvalue weighted by molar-refractivity contribution is 4.88. The minimum atomic E-state index is -1.09. The predicted molar refractivity (Wildman–Crippen MR) is 43.2 cm³/mol. The molecule has 0 aromatic rings. The summed E-state index contributed by atoms with van der Waals surface area (Å²) < 4.78 is 5.57. The summed E-state index contributed by atoms with van der Waals surface area (Å²) >= 11 is 0. The monoisotopic (exact) mass is 202 g/mol. The molecular weight excluding hydrogens is 188 g/mol. The van der Waals surface area contributed by atoms with Crippen LogP contribution >= 0.6 is 0 Å². The van der Waals surface area contributed by atoms with Crippen LogP contribution in [0.3, 0.4) is 0 Å². The van der Waals surface area contributed by atoms with Crippen molar-refractivity contribution >= 4 is 0 Å². The molecule has 14 heavy (non-hydrogen) atoms. The maximum Gasteiger partial charge on any atom is 0.346 e. The summed E-state index contributed by atoms with van der Waals surface area (Å²) in [7, 11) is 0. The molecule has 0 atom stereocenters. The second kappa shape index (κ2) is 3.15. The van der Waals surface area contributed by atoms with Gasteiger partial charge in [-0.25, -0.2) is 0 Å². The van der Waals surface area contributed by atoms with Gasteiger partial charge >= 0.3 is 5.97 Å². The van der Waals surface area contributed by atoms with E-state index in [1.54, 1.807) is 0 Å². The molecule has 0 aromatic carbocycles. The van der Waals surface area contributed by atoms with Crippen LogP contribution in [-0.2, 0) is 24.6 Å². The van der Waals surface area contributed by atoms with Crippen LogP contribution in [0.1, 0.15) is 38.5 Å². The van der Waals surface area contributed by atoms with Crippen molar-refractivity contribution in [2.24, 2.45) is 5.41 Å². The lowest BCUT2D eigenvalue weighted by Gasteiger charge is -2.38. The third-order valence-corrected chi connectivity index (χ3v) is 3.57. The number of rotatable bonds is 0. The third-order valence-electron chi connectivity index (χ3n) is 3.57. The van der Waals surface area contributed by atoms with Crippen molar-refractivity contribution in [3.63, 3.8) is 0 Å². The Morgan fingerprint density at radius 3 is 2.07 bits per heavy atom. The molecule has 0 bridgehead atoms. The van der Waals surface area contributed by atoms with E-state index >= 15 is 0 Å². The largest absolute Gasteiger partial charge is 0.346 e. The summed E-state index contributed by atoms with van der Waals surface area (Å²) in [4.78, 5) is 9.63. The first-order valence-electron chi connectivity index (χ1n) is 5.17. The summed E-state index contributed by atoms with van der Waals surface area (Å²) in [5, 5.41) is 8.48. The van der Waals surface area contributed by atoms with Crippen LogP contribution in [0.4, 0.5) is 0 Å². The lowest BCUT2D eigenvalue weighted by Crippen LogP contribution is -2.44. The summed E-state index contributed by atoms with van der Waals surface area (Å²) in [6.45, 7) is 0.680. The molecule has 5 nitrogen and oxygen atoms in total. The zero-order valence-electron chi connectivity index (χ0n) is 7.99. The van der Waals surface area contributed by atoms with Gasteiger partial charge in [-0.3, -0.25) is 0 Å². The number of ether oxygens (including phenoxy) is 1. The van der Waals surface area contributed by atoms with Crippen LogP contribution in [-0.4, -0.2) is 12.6 Å². The fraction of sp³-hybridized carbons (Fsp3) is 1.00. The minimum Gasteiger partial charge on any atom is -0.323 e. The van der Waals surface area contributed by atoms with E-state index in [1.165, 1.54) is 25.7 Å². The second-order valence-corrected chi connectivity index (χ2v) is 4.48. The van der Waals surface area contributed by atoms with Crippen molar-refractivity contribution in [2.45, 2.75) is 44.5 Å². The van der Waals surface area contributed by atoms with Gasteiger partial charge in [0, 0.05) is 6.42 Å². The number of hydrogen-bond donors (Lipinski definition) is 0. The normalized spacial score (nSPS) is 34.3. The summed E-state index contributed by atoms with van der Waals surface area (Å²) in [5.41, 5.74) is 0.362. The molecule has 3 fully saturated rings. The molecule has 1 aliphatic carbocycles. The molecule has 3 rings (SSSR count). The van der Waals surface area contributed by atoms with Gasteiger partial charge < -0.3 is 4.74 Å². The van der Waals surface area contributed by atoms with Gasteiger partial charge in [0.1, 0.15) is 0 Å². The van der Waals surface area contributed by atoms with Crippen molar-refractivity contribution in [1.82, 2.24) is 0 Å². The quantitative estimate of drug-likeness (QED) is 0.561. The van der Waals surface area contributed by atoms with Gasteiger partial charge in [-0.15, -0.1) is 9.78 Å². The van der Waals surface area contributed by atoms with Crippen LogP contribution in [0, 0.1) is 5.41 Å². The van der Waals surface area contributed by atoms with Crippen molar-refractivity contribution in [3.8, 4) is 0 Å². The van der Waals surface area contributed by atoms with Crippen LogP contribution in [0.15, 0.2) is 0 Å². The predicted octanol–water partition coefficient (Wildman–Crippen LogP) is 1.84. The lowest BCUT2D eigenvalue weighted by atomic mass is 9.80. The van der Waals surface area contributed by atoms with E-state index in [9.17, 15) is 0 Å². The van der Waals surface area contributed by atoms with Gasteiger partial charge in [0.2, 0.25) is 0 Å². The highest BCUT2D eigenvalue weighted by Gasteiger charge is 2.51. The summed E-state index contributed by atoms with van der Waals surface area (Å²) in [5.74, 6) is -1.09. The summed E-state index contributed by atoms with van der Waals surface area (Å²) in [6.07, 6.45) is 6.86. The summed E-state index contributed by atoms with van der Waals surface area (Å²) in [6, 6.07) is 0. The van der Waals surface area contributed by atoms with Gasteiger partial charge in [-0.05, 0) is 34.8 Å². The van der Waals surface area contributed by atoms with E-state index in [0.717, 1.165) is 6.42 Å². The first kappa shape index (κ1) is 9.06. The number of hydrogen-bond acceptors (Lipinski definition) is 5. The topological polar surface area (TPSA) is 46.2 Å². The smallest absolute Gasteiger partial charge is 0.323 e. The van der Waals surface area contributed by atoms with Gasteiger partial charge in [-0.2, -0.15) is 0 Å². The average molecular weight is 202 g/mol. The van der Waals surface area contributed by atoms with E-state index in [0.29, 0.717) is 18.4 Å². The Bertz CT molecular complexity index is 181. The van der Waals surface area contributed by atoms with Crippen LogP contribution in [0.25, 0.3) is 0 Å². The molecule has 2 aliphatic heterocycles. The molecular formula is C9H14O5. The van der Waals surface area contributed by atoms with Gasteiger partial charge in [0.15, 0.2) is 0 Å². The zero-order valence-corrected chi connectivity index (χ0v) is 7.99. The molecule has 0 unspecified atom stereocenters. The molecule has 2 heterocycles. The Balaban J connectivity index is 1.66. The lowest BCUT2D eigenvalue weighted by molar-refractivity contribution is -0.532. The third kappa shape index (κ3) is 1.36. The van der Waals surface area contributed by atoms with E-state index in [1.807, 2.05) is 0 Å². The Kier molecular flexibility index (Phi) is 2.04. The van der Waals surface area contributed by atoms with Crippen LogP contribution in [0.5, 0.6) is 0 Å². The zero-order chi connectivity index (χ0) is 9.49. The van der Waals surface area contributed by atoms with Crippen molar-refractivity contribution in [1.29, 1.82) is 0 Å². The average Bonchev–Trinajstić information content (AvgIpc) is 2.81. The molecule has 3 aliphatic rings. The Labute approximate surface area is 82.0 Å². The molecule has 80 valence electrons. The van der Waals surface area contributed by atoms with E-state index in [-0.39, 0.29) is 0 Å². The Morgan fingerprint density at radius 1 is 0.786 bits per heavy atom.